The van der Waals surface area contributed by atoms with Crippen LogP contribution in [0.2, 0.25) is 0 Å². The Labute approximate surface area is 177 Å². The Morgan fingerprint density at radius 1 is 1.23 bits per heavy atom. The van der Waals surface area contributed by atoms with Gasteiger partial charge in [0.2, 0.25) is 11.7 Å². The Hall–Kier alpha value is -3.34. The summed E-state index contributed by atoms with van der Waals surface area (Å²) in [6.45, 7) is 0.985. The Kier molecular flexibility index (Phi) is 5.44. The fourth-order valence-electron chi connectivity index (χ4n) is 3.66. The minimum absolute atomic E-state index is 0.0997. The normalized spacial score (nSPS) is 17.0. The topological polar surface area (TPSA) is 119 Å². The van der Waals surface area contributed by atoms with Gasteiger partial charge in [-0.05, 0) is 49.2 Å². The van der Waals surface area contributed by atoms with E-state index >= 15 is 0 Å². The standard InChI is InChI=1S/C20H19FN4O5S/c1-31(28,29)16-8-9-17(18(11-16)25(26)27)24-10-2-3-14(12-24)20-22-19(23-30-20)13-4-6-15(21)7-5-13/h4-9,11,14H,2-3,10,12H2,1H3. The van der Waals surface area contributed by atoms with Crippen molar-refractivity contribution in [1.82, 2.24) is 10.1 Å². The van der Waals surface area contributed by atoms with Gasteiger partial charge < -0.3 is 9.42 Å². The summed E-state index contributed by atoms with van der Waals surface area (Å²) in [7, 11) is -3.57. The molecule has 4 rings (SSSR count). The van der Waals surface area contributed by atoms with E-state index in [0.29, 0.717) is 36.1 Å². The van der Waals surface area contributed by atoms with Gasteiger partial charge >= 0.3 is 0 Å². The third-order valence-corrected chi connectivity index (χ3v) is 6.34. The van der Waals surface area contributed by atoms with E-state index in [1.54, 1.807) is 12.1 Å². The second kappa shape index (κ2) is 8.06. The molecule has 0 bridgehead atoms. The highest BCUT2D eigenvalue weighted by molar-refractivity contribution is 7.90. The lowest BCUT2D eigenvalue weighted by Crippen LogP contribution is -2.35. The zero-order valence-electron chi connectivity index (χ0n) is 16.6. The first kappa shape index (κ1) is 20.9. The van der Waals surface area contributed by atoms with Crippen LogP contribution in [0.1, 0.15) is 24.7 Å². The van der Waals surface area contributed by atoms with E-state index in [2.05, 4.69) is 10.1 Å². The number of rotatable bonds is 5. The number of sulfone groups is 1. The number of hydrogen-bond acceptors (Lipinski definition) is 8. The van der Waals surface area contributed by atoms with Gasteiger partial charge in [0, 0.05) is 31.0 Å². The maximum Gasteiger partial charge on any atom is 0.293 e. The maximum atomic E-state index is 13.1. The summed E-state index contributed by atoms with van der Waals surface area (Å²) >= 11 is 0. The average Bonchev–Trinajstić information content (AvgIpc) is 3.23. The molecule has 11 heteroatoms. The molecular weight excluding hydrogens is 427 g/mol. The molecule has 31 heavy (non-hydrogen) atoms. The molecule has 2 heterocycles. The molecule has 1 aliphatic rings. The van der Waals surface area contributed by atoms with Gasteiger partial charge in [-0.3, -0.25) is 10.1 Å². The predicted octanol–water partition coefficient (Wildman–Crippen LogP) is 3.57. The molecule has 0 spiro atoms. The van der Waals surface area contributed by atoms with Crippen LogP contribution in [-0.4, -0.2) is 42.8 Å². The van der Waals surface area contributed by atoms with Crippen molar-refractivity contribution in [3.05, 3.63) is 64.3 Å². The number of nitro groups is 1. The van der Waals surface area contributed by atoms with Gasteiger partial charge in [-0.25, -0.2) is 12.8 Å². The first-order chi connectivity index (χ1) is 14.7. The Morgan fingerprint density at radius 2 is 1.97 bits per heavy atom. The van der Waals surface area contributed by atoms with Crippen molar-refractivity contribution < 1.29 is 22.3 Å². The number of nitro benzene ring substituents is 1. The van der Waals surface area contributed by atoms with Gasteiger partial charge in [-0.15, -0.1) is 0 Å². The highest BCUT2D eigenvalue weighted by atomic mass is 32.2. The van der Waals surface area contributed by atoms with Crippen molar-refractivity contribution in [3.63, 3.8) is 0 Å². The highest BCUT2D eigenvalue weighted by Crippen LogP contribution is 2.36. The summed E-state index contributed by atoms with van der Waals surface area (Å²) < 4.78 is 42.1. The third kappa shape index (κ3) is 4.41. The molecule has 0 radical (unpaired) electrons. The van der Waals surface area contributed by atoms with Crippen LogP contribution in [0.25, 0.3) is 11.4 Å². The van der Waals surface area contributed by atoms with E-state index in [9.17, 15) is 22.9 Å². The summed E-state index contributed by atoms with van der Waals surface area (Å²) in [4.78, 5) is 17.2. The van der Waals surface area contributed by atoms with Gasteiger partial charge in [0.15, 0.2) is 9.84 Å². The molecule has 9 nitrogen and oxygen atoms in total. The smallest absolute Gasteiger partial charge is 0.293 e. The highest BCUT2D eigenvalue weighted by Gasteiger charge is 2.30. The number of nitrogens with zero attached hydrogens (tertiary/aromatic N) is 4. The minimum atomic E-state index is -3.57. The van der Waals surface area contributed by atoms with Gasteiger partial charge in [-0.1, -0.05) is 5.16 Å². The lowest BCUT2D eigenvalue weighted by atomic mass is 9.97. The Balaban J connectivity index is 1.59. The maximum absolute atomic E-state index is 13.1. The van der Waals surface area contributed by atoms with Crippen LogP contribution >= 0.6 is 0 Å². The molecule has 1 atom stereocenters. The monoisotopic (exact) mass is 446 g/mol. The van der Waals surface area contributed by atoms with Crippen molar-refractivity contribution in [3.8, 4) is 11.4 Å². The van der Waals surface area contributed by atoms with Crippen LogP contribution in [0, 0.1) is 15.9 Å². The molecule has 0 amide bonds. The summed E-state index contributed by atoms with van der Waals surface area (Å²) in [5.74, 6) is 0.235. The van der Waals surface area contributed by atoms with Crippen LogP contribution < -0.4 is 4.90 Å². The van der Waals surface area contributed by atoms with Gasteiger partial charge in [0.25, 0.3) is 5.69 Å². The summed E-state index contributed by atoms with van der Waals surface area (Å²) in [5.41, 5.74) is 0.706. The molecule has 0 saturated carbocycles. The zero-order valence-corrected chi connectivity index (χ0v) is 17.4. The average molecular weight is 446 g/mol. The number of benzene rings is 2. The largest absolute Gasteiger partial charge is 0.365 e. The first-order valence-corrected chi connectivity index (χ1v) is 11.4. The molecule has 2 aromatic carbocycles. The number of anilines is 1. The van der Waals surface area contributed by atoms with Crippen LogP contribution in [0.4, 0.5) is 15.8 Å². The van der Waals surface area contributed by atoms with Crippen molar-refractivity contribution in [2.24, 2.45) is 0 Å². The van der Waals surface area contributed by atoms with E-state index in [4.69, 9.17) is 4.52 Å². The minimum Gasteiger partial charge on any atom is -0.365 e. The van der Waals surface area contributed by atoms with E-state index in [0.717, 1.165) is 25.2 Å². The van der Waals surface area contributed by atoms with Crippen molar-refractivity contribution >= 4 is 21.2 Å². The number of halogens is 1. The van der Waals surface area contributed by atoms with Crippen LogP contribution in [0.5, 0.6) is 0 Å². The van der Waals surface area contributed by atoms with E-state index in [1.807, 2.05) is 4.90 Å². The van der Waals surface area contributed by atoms with Gasteiger partial charge in [0.1, 0.15) is 11.5 Å². The van der Waals surface area contributed by atoms with Gasteiger partial charge in [-0.2, -0.15) is 4.98 Å². The molecule has 0 aliphatic carbocycles. The third-order valence-electron chi connectivity index (χ3n) is 5.23. The molecule has 1 aliphatic heterocycles. The van der Waals surface area contributed by atoms with E-state index < -0.39 is 14.8 Å². The van der Waals surface area contributed by atoms with Gasteiger partial charge in [0.05, 0.1) is 15.7 Å². The fraction of sp³-hybridized carbons (Fsp3) is 0.300. The lowest BCUT2D eigenvalue weighted by molar-refractivity contribution is -0.384. The molecule has 0 N–H and O–H groups in total. The van der Waals surface area contributed by atoms with Crippen LogP contribution in [0.3, 0.4) is 0 Å². The molecule has 3 aromatic rings. The summed E-state index contributed by atoms with van der Waals surface area (Å²) in [5, 5.41) is 15.6. The summed E-state index contributed by atoms with van der Waals surface area (Å²) in [6.07, 6.45) is 2.51. The second-order valence-corrected chi connectivity index (χ2v) is 9.44. The van der Waals surface area contributed by atoms with E-state index in [-0.39, 0.29) is 22.3 Å². The zero-order chi connectivity index (χ0) is 22.2. The van der Waals surface area contributed by atoms with Crippen molar-refractivity contribution in [1.29, 1.82) is 0 Å². The number of hydrogen-bond donors (Lipinski definition) is 0. The molecule has 1 unspecified atom stereocenters. The van der Waals surface area contributed by atoms with Crippen LogP contribution in [0.15, 0.2) is 51.9 Å². The predicted molar refractivity (Wildman–Crippen MR) is 110 cm³/mol. The van der Waals surface area contributed by atoms with Crippen LogP contribution in [-0.2, 0) is 9.84 Å². The molecule has 1 aromatic heterocycles. The molecule has 162 valence electrons. The fourth-order valence-corrected chi connectivity index (χ4v) is 4.30. The number of piperidine rings is 1. The molecular formula is C20H19FN4O5S. The summed E-state index contributed by atoms with van der Waals surface area (Å²) in [6, 6.07) is 9.68. The van der Waals surface area contributed by atoms with E-state index in [1.165, 1.54) is 24.3 Å². The quantitative estimate of drug-likeness (QED) is 0.431. The van der Waals surface area contributed by atoms with Crippen molar-refractivity contribution in [2.45, 2.75) is 23.7 Å². The molecule has 1 fully saturated rings. The molecule has 1 saturated heterocycles. The second-order valence-electron chi connectivity index (χ2n) is 7.43. The SMILES string of the molecule is CS(=O)(=O)c1ccc(N2CCCC(c3nc(-c4ccc(F)cc4)no3)C2)c([N+](=O)[O-])c1. The lowest BCUT2D eigenvalue weighted by Gasteiger charge is -2.32. The number of aromatic nitrogens is 2. The van der Waals surface area contributed by atoms with Crippen molar-refractivity contribution in [2.75, 3.05) is 24.2 Å². The Bertz CT molecular complexity index is 1230. The first-order valence-electron chi connectivity index (χ1n) is 9.55. The Morgan fingerprint density at radius 3 is 2.65 bits per heavy atom.